The molecule has 0 atom stereocenters. The van der Waals surface area contributed by atoms with Crippen molar-refractivity contribution in [1.29, 1.82) is 0 Å². The molecule has 0 fully saturated rings. The van der Waals surface area contributed by atoms with E-state index < -0.39 is 11.9 Å². The van der Waals surface area contributed by atoms with Gasteiger partial charge in [0.2, 0.25) is 0 Å². The minimum absolute atomic E-state index is 0.371. The summed E-state index contributed by atoms with van der Waals surface area (Å²) in [5, 5.41) is 4.59. The van der Waals surface area contributed by atoms with Gasteiger partial charge >= 0.3 is 11.9 Å². The van der Waals surface area contributed by atoms with E-state index in [-0.39, 0.29) is 0 Å². The van der Waals surface area contributed by atoms with Gasteiger partial charge in [-0.05, 0) is 39.8 Å². The third kappa shape index (κ3) is 2.46. The van der Waals surface area contributed by atoms with E-state index in [9.17, 15) is 9.59 Å². The summed E-state index contributed by atoms with van der Waals surface area (Å²) in [7, 11) is 0. The maximum Gasteiger partial charge on any atom is 0.386 e. The second-order valence-electron chi connectivity index (χ2n) is 5.86. The first-order chi connectivity index (χ1) is 12.1. The number of hydrogen-bond donors (Lipinski definition) is 0. The van der Waals surface area contributed by atoms with Gasteiger partial charge in [-0.25, -0.2) is 19.4 Å². The molecule has 0 amide bonds. The Bertz CT molecular complexity index is 1060. The van der Waals surface area contributed by atoms with Crippen molar-refractivity contribution < 1.29 is 19.4 Å². The first-order valence-corrected chi connectivity index (χ1v) is 8.16. The third-order valence-electron chi connectivity index (χ3n) is 4.50. The molecule has 0 spiro atoms. The Morgan fingerprint density at radius 1 is 1.08 bits per heavy atom. The van der Waals surface area contributed by atoms with Gasteiger partial charge in [0.15, 0.2) is 0 Å². The molecule has 4 aromatic rings. The highest BCUT2D eigenvalue weighted by atomic mass is 35.5. The summed E-state index contributed by atoms with van der Waals surface area (Å²) in [6, 6.07) is 9.69. The van der Waals surface area contributed by atoms with Gasteiger partial charge in [0.25, 0.3) is 0 Å². The van der Waals surface area contributed by atoms with Crippen molar-refractivity contribution in [3.63, 3.8) is 0 Å². The normalized spacial score (nSPS) is 13.4. The molecule has 5 rings (SSSR count). The SMILES string of the molecule is C=CC(=O)OOC(=O)c1cc2c3c(c1c1ccccc21)CC(Cl)=CC3. The number of allylic oxidation sites excluding steroid dienone is 2. The molecule has 0 aromatic heterocycles. The molecule has 25 heavy (non-hydrogen) atoms. The Morgan fingerprint density at radius 2 is 1.84 bits per heavy atom. The Hall–Kier alpha value is -2.85. The van der Waals surface area contributed by atoms with Crippen LogP contribution in [0.15, 0.2) is 54.1 Å². The Morgan fingerprint density at radius 3 is 2.60 bits per heavy atom. The Balaban J connectivity index is 1.91. The van der Waals surface area contributed by atoms with E-state index in [1.165, 1.54) is 5.56 Å². The summed E-state index contributed by atoms with van der Waals surface area (Å²) < 4.78 is 0. The van der Waals surface area contributed by atoms with Crippen LogP contribution >= 0.6 is 11.6 Å². The van der Waals surface area contributed by atoms with Crippen LogP contribution in [0.3, 0.4) is 0 Å². The predicted molar refractivity (Wildman–Crippen MR) is 95.7 cm³/mol. The zero-order valence-electron chi connectivity index (χ0n) is 13.2. The van der Waals surface area contributed by atoms with Crippen molar-refractivity contribution in [2.75, 3.05) is 0 Å². The van der Waals surface area contributed by atoms with Gasteiger partial charge < -0.3 is 0 Å². The second-order valence-corrected chi connectivity index (χ2v) is 6.34. The summed E-state index contributed by atoms with van der Waals surface area (Å²) in [5.41, 5.74) is 2.58. The molecule has 0 N–H and O–H groups in total. The topological polar surface area (TPSA) is 52.6 Å². The molecular formula is C20H13ClO4. The van der Waals surface area contributed by atoms with E-state index in [0.29, 0.717) is 12.0 Å². The maximum absolute atomic E-state index is 12.5. The molecule has 5 heteroatoms. The lowest BCUT2D eigenvalue weighted by Crippen LogP contribution is -2.14. The van der Waals surface area contributed by atoms with Crippen LogP contribution in [0.5, 0.6) is 0 Å². The van der Waals surface area contributed by atoms with Crippen LogP contribution in [-0.2, 0) is 27.4 Å². The average molecular weight is 353 g/mol. The van der Waals surface area contributed by atoms with E-state index in [0.717, 1.165) is 44.6 Å². The highest BCUT2D eigenvalue weighted by Gasteiger charge is 2.26. The molecule has 4 nitrogen and oxygen atoms in total. The molecule has 1 aliphatic rings. The summed E-state index contributed by atoms with van der Waals surface area (Å²) in [6.45, 7) is 3.26. The molecule has 1 aliphatic carbocycles. The monoisotopic (exact) mass is 352 g/mol. The standard InChI is InChI=1S/C20H13ClO4/c1-2-18(22)24-25-20(23)17-10-15-12-5-3-4-6-14(12)19(17)16-9-11(21)7-8-13(15)16/h2-7,10H,1,8-9H2. The molecule has 0 radical (unpaired) electrons. The third-order valence-corrected chi connectivity index (χ3v) is 4.78. The van der Waals surface area contributed by atoms with Crippen molar-refractivity contribution in [2.24, 2.45) is 0 Å². The minimum Gasteiger partial charge on any atom is -0.242 e. The molecule has 0 aliphatic heterocycles. The fourth-order valence-corrected chi connectivity index (χ4v) is 3.68. The van der Waals surface area contributed by atoms with Crippen LogP contribution in [0.4, 0.5) is 0 Å². The lowest BCUT2D eigenvalue weighted by molar-refractivity contribution is -0.228. The van der Waals surface area contributed by atoms with Crippen molar-refractivity contribution in [3.05, 3.63) is 70.8 Å². The van der Waals surface area contributed by atoms with Crippen LogP contribution in [0.25, 0.3) is 21.5 Å². The van der Waals surface area contributed by atoms with Gasteiger partial charge in [-0.1, -0.05) is 48.5 Å². The van der Waals surface area contributed by atoms with Crippen LogP contribution in [0.2, 0.25) is 0 Å². The number of hydrogen-bond acceptors (Lipinski definition) is 4. The zero-order valence-corrected chi connectivity index (χ0v) is 13.9. The first-order valence-electron chi connectivity index (χ1n) is 7.78. The molecule has 124 valence electrons. The smallest absolute Gasteiger partial charge is 0.242 e. The molecule has 0 heterocycles. The predicted octanol–water partition coefficient (Wildman–Crippen LogP) is 4.45. The number of rotatable bonds is 2. The van der Waals surface area contributed by atoms with E-state index in [4.69, 9.17) is 11.6 Å². The van der Waals surface area contributed by atoms with Gasteiger partial charge in [0.05, 0.1) is 5.56 Å². The van der Waals surface area contributed by atoms with Gasteiger partial charge in [0.1, 0.15) is 0 Å². The Kier molecular flexibility index (Phi) is 3.70. The van der Waals surface area contributed by atoms with Crippen molar-refractivity contribution in [3.8, 4) is 0 Å². The van der Waals surface area contributed by atoms with Crippen LogP contribution in [0, 0.1) is 0 Å². The number of halogens is 1. The van der Waals surface area contributed by atoms with Crippen molar-refractivity contribution in [1.82, 2.24) is 0 Å². The number of benzene rings is 4. The van der Waals surface area contributed by atoms with Crippen LogP contribution in [0.1, 0.15) is 21.5 Å². The highest BCUT2D eigenvalue weighted by Crippen LogP contribution is 2.41. The number of carbonyl (C=O) groups excluding carboxylic acids is 2. The van der Waals surface area contributed by atoms with E-state index in [1.54, 1.807) is 6.07 Å². The second kappa shape index (κ2) is 5.90. The molecule has 0 saturated heterocycles. The molecule has 4 aromatic carbocycles. The first kappa shape index (κ1) is 15.7. The fourth-order valence-electron chi connectivity index (χ4n) is 3.46. The van der Waals surface area contributed by atoms with Crippen LogP contribution < -0.4 is 0 Å². The van der Waals surface area contributed by atoms with E-state index >= 15 is 0 Å². The van der Waals surface area contributed by atoms with Crippen molar-refractivity contribution >= 4 is 45.1 Å². The van der Waals surface area contributed by atoms with Crippen LogP contribution in [-0.4, -0.2) is 11.9 Å². The molecule has 2 bridgehead atoms. The van der Waals surface area contributed by atoms with Gasteiger partial charge in [0, 0.05) is 22.9 Å². The molecule has 0 unspecified atom stereocenters. The summed E-state index contributed by atoms with van der Waals surface area (Å²) in [4.78, 5) is 32.7. The minimum atomic E-state index is -0.823. The number of carbonyl (C=O) groups is 2. The molecular weight excluding hydrogens is 340 g/mol. The van der Waals surface area contributed by atoms with Gasteiger partial charge in [-0.15, -0.1) is 0 Å². The van der Waals surface area contributed by atoms with E-state index in [1.807, 2.05) is 30.3 Å². The average Bonchev–Trinajstić information content (AvgIpc) is 2.65. The van der Waals surface area contributed by atoms with E-state index in [2.05, 4.69) is 16.4 Å². The highest BCUT2D eigenvalue weighted by molar-refractivity contribution is 6.30. The summed E-state index contributed by atoms with van der Waals surface area (Å²) in [6.07, 6.45) is 4.22. The quantitative estimate of drug-likeness (QED) is 0.388. The lowest BCUT2D eigenvalue weighted by Gasteiger charge is -2.23. The summed E-state index contributed by atoms with van der Waals surface area (Å²) >= 11 is 6.24. The van der Waals surface area contributed by atoms with Crippen molar-refractivity contribution in [2.45, 2.75) is 12.8 Å². The fraction of sp³-hybridized carbons (Fsp3) is 0.100. The summed E-state index contributed by atoms with van der Waals surface area (Å²) in [5.74, 6) is -1.54. The zero-order chi connectivity index (χ0) is 17.6. The lowest BCUT2D eigenvalue weighted by atomic mass is 9.81. The van der Waals surface area contributed by atoms with Gasteiger partial charge in [-0.2, -0.15) is 0 Å². The number of fused-ring (bicyclic) bond motifs is 1. The molecule has 0 saturated carbocycles. The largest absolute Gasteiger partial charge is 0.386 e. The Labute approximate surface area is 148 Å². The maximum atomic E-state index is 12.5. The van der Waals surface area contributed by atoms with Gasteiger partial charge in [-0.3, -0.25) is 0 Å².